The summed E-state index contributed by atoms with van der Waals surface area (Å²) in [5.74, 6) is 2.98. The summed E-state index contributed by atoms with van der Waals surface area (Å²) in [4.78, 5) is 0. The maximum atomic E-state index is 6.16. The molecule has 1 N–H and O–H groups in total. The molecule has 0 unspecified atom stereocenters. The number of anilines is 1. The minimum Gasteiger partial charge on any atom is -0.494 e. The Morgan fingerprint density at radius 2 is 1.38 bits per heavy atom. The van der Waals surface area contributed by atoms with Crippen molar-refractivity contribution in [3.63, 3.8) is 0 Å². The van der Waals surface area contributed by atoms with Gasteiger partial charge >= 0.3 is 0 Å². The highest BCUT2D eigenvalue weighted by atomic mass is 16.5. The van der Waals surface area contributed by atoms with Crippen LogP contribution in [0.5, 0.6) is 17.2 Å². The highest BCUT2D eigenvalue weighted by Crippen LogP contribution is 2.47. The lowest BCUT2D eigenvalue weighted by Crippen LogP contribution is -2.11. The molecule has 1 heterocycles. The van der Waals surface area contributed by atoms with Gasteiger partial charge in [-0.3, -0.25) is 0 Å². The Morgan fingerprint density at radius 1 is 0.735 bits per heavy atom. The number of hydrogen-bond acceptors (Lipinski definition) is 3. The molecule has 0 amide bonds. The molecule has 1 aliphatic rings. The summed E-state index contributed by atoms with van der Waals surface area (Å²) >= 11 is 0. The molecule has 5 rings (SSSR count). The van der Waals surface area contributed by atoms with Gasteiger partial charge in [-0.05, 0) is 53.9 Å². The highest BCUT2D eigenvalue weighted by molar-refractivity contribution is 5.59. The van der Waals surface area contributed by atoms with E-state index in [0.717, 1.165) is 42.5 Å². The maximum absolute atomic E-state index is 6.16. The quantitative estimate of drug-likeness (QED) is 0.230. The number of unbranched alkanes of at least 4 members (excludes halogenated alkanes) is 2. The van der Waals surface area contributed by atoms with E-state index >= 15 is 0 Å². The predicted octanol–water partition coefficient (Wildman–Crippen LogP) is 8.15. The molecule has 0 aromatic heterocycles. The average molecular weight is 450 g/mol. The standard InChI is InChI=1S/C31H31NO2/c1-2-3-8-21-33-26-19-13-23(14-20-26)22-32-25-17-15-24(16-18-25)31-27-9-4-6-11-29(27)34-30-12-7-5-10-28(30)31/h4-7,9-20,31-32H,2-3,8,21-22H2,1H3. The molecule has 3 nitrogen and oxygen atoms in total. The van der Waals surface area contributed by atoms with Crippen LogP contribution in [-0.2, 0) is 6.54 Å². The lowest BCUT2D eigenvalue weighted by molar-refractivity contribution is 0.306. The number of benzene rings is 4. The van der Waals surface area contributed by atoms with Crippen molar-refractivity contribution in [2.24, 2.45) is 0 Å². The Kier molecular flexibility index (Phi) is 6.81. The van der Waals surface area contributed by atoms with Gasteiger partial charge < -0.3 is 14.8 Å². The highest BCUT2D eigenvalue weighted by Gasteiger charge is 2.27. The minimum absolute atomic E-state index is 0.167. The Morgan fingerprint density at radius 3 is 2.03 bits per heavy atom. The van der Waals surface area contributed by atoms with Gasteiger partial charge in [0, 0.05) is 29.3 Å². The third-order valence-corrected chi connectivity index (χ3v) is 6.36. The Labute approximate surface area is 202 Å². The summed E-state index contributed by atoms with van der Waals surface area (Å²) in [5, 5.41) is 3.54. The van der Waals surface area contributed by atoms with E-state index in [0.29, 0.717) is 0 Å². The monoisotopic (exact) mass is 449 g/mol. The second-order valence-corrected chi connectivity index (χ2v) is 8.79. The molecule has 0 radical (unpaired) electrons. The zero-order chi connectivity index (χ0) is 23.2. The first-order valence-corrected chi connectivity index (χ1v) is 12.2. The Bertz CT molecular complexity index is 1170. The van der Waals surface area contributed by atoms with E-state index in [2.05, 4.69) is 97.2 Å². The van der Waals surface area contributed by atoms with E-state index in [1.54, 1.807) is 0 Å². The third kappa shape index (κ3) is 4.94. The molecule has 4 aromatic carbocycles. The molecule has 0 atom stereocenters. The molecule has 0 bridgehead atoms. The number of nitrogens with one attached hydrogen (secondary N) is 1. The van der Waals surface area contributed by atoms with Crippen LogP contribution in [0.15, 0.2) is 97.1 Å². The van der Waals surface area contributed by atoms with Crippen LogP contribution in [0.25, 0.3) is 0 Å². The van der Waals surface area contributed by atoms with Gasteiger partial charge in [-0.25, -0.2) is 0 Å². The molecule has 0 aliphatic carbocycles. The molecular weight excluding hydrogens is 418 g/mol. The summed E-state index contributed by atoms with van der Waals surface area (Å²) in [6, 6.07) is 33.8. The first kappa shape index (κ1) is 22.1. The van der Waals surface area contributed by atoms with E-state index in [-0.39, 0.29) is 5.92 Å². The SMILES string of the molecule is CCCCCOc1ccc(CNc2ccc(C3c4ccccc4Oc4ccccc43)cc2)cc1. The fraction of sp³-hybridized carbons (Fsp3) is 0.226. The lowest BCUT2D eigenvalue weighted by atomic mass is 9.82. The first-order chi connectivity index (χ1) is 16.8. The third-order valence-electron chi connectivity index (χ3n) is 6.36. The zero-order valence-electron chi connectivity index (χ0n) is 19.7. The second-order valence-electron chi connectivity index (χ2n) is 8.79. The number of para-hydroxylation sites is 2. The fourth-order valence-electron chi connectivity index (χ4n) is 4.51. The van der Waals surface area contributed by atoms with Crippen LogP contribution in [0.4, 0.5) is 5.69 Å². The van der Waals surface area contributed by atoms with Crippen molar-refractivity contribution in [1.82, 2.24) is 0 Å². The lowest BCUT2D eigenvalue weighted by Gasteiger charge is -2.28. The van der Waals surface area contributed by atoms with E-state index in [9.17, 15) is 0 Å². The van der Waals surface area contributed by atoms with Crippen LogP contribution in [0, 0.1) is 0 Å². The number of hydrogen-bond donors (Lipinski definition) is 1. The number of ether oxygens (including phenoxy) is 2. The molecule has 0 fully saturated rings. The van der Waals surface area contributed by atoms with Crippen LogP contribution in [-0.4, -0.2) is 6.61 Å². The maximum Gasteiger partial charge on any atom is 0.131 e. The van der Waals surface area contributed by atoms with E-state index in [1.165, 1.54) is 35.1 Å². The van der Waals surface area contributed by atoms with Crippen LogP contribution < -0.4 is 14.8 Å². The zero-order valence-corrected chi connectivity index (χ0v) is 19.7. The molecule has 34 heavy (non-hydrogen) atoms. The van der Waals surface area contributed by atoms with Crippen LogP contribution in [0.3, 0.4) is 0 Å². The van der Waals surface area contributed by atoms with Gasteiger partial charge in [-0.2, -0.15) is 0 Å². The fourth-order valence-corrected chi connectivity index (χ4v) is 4.51. The number of rotatable bonds is 9. The van der Waals surface area contributed by atoms with Crippen molar-refractivity contribution in [3.05, 3.63) is 119 Å². The Balaban J connectivity index is 1.25. The normalized spacial score (nSPS) is 12.4. The van der Waals surface area contributed by atoms with E-state index in [1.807, 2.05) is 12.1 Å². The summed E-state index contributed by atoms with van der Waals surface area (Å²) in [6.45, 7) is 3.77. The van der Waals surface area contributed by atoms with Gasteiger partial charge in [-0.15, -0.1) is 0 Å². The molecule has 0 saturated carbocycles. The summed E-state index contributed by atoms with van der Waals surface area (Å²) in [6.07, 6.45) is 3.54. The summed E-state index contributed by atoms with van der Waals surface area (Å²) in [5.41, 5.74) is 6.02. The molecule has 172 valence electrons. The smallest absolute Gasteiger partial charge is 0.131 e. The van der Waals surface area contributed by atoms with Crippen LogP contribution in [0.1, 0.15) is 54.4 Å². The summed E-state index contributed by atoms with van der Waals surface area (Å²) in [7, 11) is 0. The molecule has 0 saturated heterocycles. The van der Waals surface area contributed by atoms with Gasteiger partial charge in [-0.1, -0.05) is 80.4 Å². The van der Waals surface area contributed by atoms with E-state index < -0.39 is 0 Å². The van der Waals surface area contributed by atoms with Crippen molar-refractivity contribution < 1.29 is 9.47 Å². The van der Waals surface area contributed by atoms with Crippen molar-refractivity contribution >= 4 is 5.69 Å². The topological polar surface area (TPSA) is 30.5 Å². The van der Waals surface area contributed by atoms with Crippen molar-refractivity contribution in [1.29, 1.82) is 0 Å². The second kappa shape index (κ2) is 10.5. The molecular formula is C31H31NO2. The van der Waals surface area contributed by atoms with Crippen LogP contribution >= 0.6 is 0 Å². The summed E-state index contributed by atoms with van der Waals surface area (Å²) < 4.78 is 12.0. The van der Waals surface area contributed by atoms with Crippen molar-refractivity contribution in [3.8, 4) is 17.2 Å². The van der Waals surface area contributed by atoms with Crippen molar-refractivity contribution in [2.45, 2.75) is 38.6 Å². The molecule has 1 aliphatic heterocycles. The largest absolute Gasteiger partial charge is 0.494 e. The van der Waals surface area contributed by atoms with Crippen LogP contribution in [0.2, 0.25) is 0 Å². The van der Waals surface area contributed by atoms with Gasteiger partial charge in [0.1, 0.15) is 17.2 Å². The van der Waals surface area contributed by atoms with Gasteiger partial charge in [0.25, 0.3) is 0 Å². The van der Waals surface area contributed by atoms with Gasteiger partial charge in [0.05, 0.1) is 6.61 Å². The van der Waals surface area contributed by atoms with Gasteiger partial charge in [0.2, 0.25) is 0 Å². The number of fused-ring (bicyclic) bond motifs is 2. The molecule has 0 spiro atoms. The minimum atomic E-state index is 0.167. The van der Waals surface area contributed by atoms with Gasteiger partial charge in [0.15, 0.2) is 0 Å². The van der Waals surface area contributed by atoms with Crippen molar-refractivity contribution in [2.75, 3.05) is 11.9 Å². The predicted molar refractivity (Wildman–Crippen MR) is 139 cm³/mol. The average Bonchev–Trinajstić information content (AvgIpc) is 2.89. The molecule has 3 heteroatoms. The first-order valence-electron chi connectivity index (χ1n) is 12.2. The Hall–Kier alpha value is -3.72. The molecule has 4 aromatic rings. The van der Waals surface area contributed by atoms with E-state index in [4.69, 9.17) is 9.47 Å².